The molecule has 3 N–H and O–H groups in total. The van der Waals surface area contributed by atoms with Gasteiger partial charge in [0.2, 0.25) is 0 Å². The summed E-state index contributed by atoms with van der Waals surface area (Å²) < 4.78 is 11.6. The number of nitrogens with one attached hydrogen (secondary N) is 1. The number of hydrogen-bond acceptors (Lipinski definition) is 3. The molecule has 1 aromatic rings. The van der Waals surface area contributed by atoms with Crippen LogP contribution in [0.4, 0.5) is 0 Å². The molecule has 0 spiro atoms. The number of benzene rings is 1. The molecule has 0 radical (unpaired) electrons. The minimum absolute atomic E-state index is 0. The summed E-state index contributed by atoms with van der Waals surface area (Å²) in [5.74, 6) is 1.35. The fourth-order valence-electron chi connectivity index (χ4n) is 2.46. The van der Waals surface area contributed by atoms with Gasteiger partial charge in [0.05, 0.1) is 12.6 Å². The zero-order valence-electron chi connectivity index (χ0n) is 14.9. The highest BCUT2D eigenvalue weighted by Gasteiger charge is 2.16. The molecule has 1 aliphatic rings. The van der Waals surface area contributed by atoms with Gasteiger partial charge in [0.15, 0.2) is 5.96 Å². The first kappa shape index (κ1) is 21.0. The first-order chi connectivity index (χ1) is 11.1. The molecule has 1 aliphatic heterocycles. The molecule has 5 nitrogen and oxygen atoms in total. The maximum absolute atomic E-state index is 5.98. The smallest absolute Gasteiger partial charge is 0.189 e. The summed E-state index contributed by atoms with van der Waals surface area (Å²) in [6.07, 6.45) is 3.42. The second kappa shape index (κ2) is 10.8. The number of rotatable bonds is 7. The number of nitrogens with two attached hydrogens (primary N) is 1. The van der Waals surface area contributed by atoms with Crippen LogP contribution in [-0.4, -0.2) is 31.3 Å². The molecule has 2 atom stereocenters. The highest BCUT2D eigenvalue weighted by Crippen LogP contribution is 2.23. The van der Waals surface area contributed by atoms with Gasteiger partial charge >= 0.3 is 0 Å². The van der Waals surface area contributed by atoms with Crippen LogP contribution >= 0.6 is 24.0 Å². The van der Waals surface area contributed by atoms with Crippen molar-refractivity contribution < 1.29 is 9.47 Å². The van der Waals surface area contributed by atoms with E-state index in [2.05, 4.69) is 49.3 Å². The van der Waals surface area contributed by atoms with Crippen molar-refractivity contribution >= 4 is 29.9 Å². The lowest BCUT2D eigenvalue weighted by atomic mass is 10.1. The van der Waals surface area contributed by atoms with E-state index >= 15 is 0 Å². The van der Waals surface area contributed by atoms with Crippen molar-refractivity contribution in [2.24, 2.45) is 10.7 Å². The summed E-state index contributed by atoms with van der Waals surface area (Å²) in [6, 6.07) is 6.51. The van der Waals surface area contributed by atoms with Crippen molar-refractivity contribution in [2.45, 2.75) is 58.7 Å². The summed E-state index contributed by atoms with van der Waals surface area (Å²) in [5.41, 5.74) is 8.15. The third-order valence-electron chi connectivity index (χ3n) is 4.10. The average Bonchev–Trinajstić information content (AvgIpc) is 3.05. The molecule has 2 rings (SSSR count). The van der Waals surface area contributed by atoms with Crippen LogP contribution in [0.3, 0.4) is 0 Å². The van der Waals surface area contributed by atoms with Gasteiger partial charge in [-0.15, -0.1) is 24.0 Å². The molecular formula is C18H30IN3O2. The van der Waals surface area contributed by atoms with Crippen LogP contribution in [0.1, 0.15) is 44.2 Å². The molecule has 2 unspecified atom stereocenters. The van der Waals surface area contributed by atoms with Gasteiger partial charge in [-0.05, 0) is 44.7 Å². The normalized spacial score (nSPS) is 18.8. The average molecular weight is 447 g/mol. The standard InChI is InChI=1S/C18H29N3O2.HI/c1-4-14(3)21-18(19)20-11-15-8-7-13(2)10-17(15)23-12-16-6-5-9-22-16;/h7-8,10,14,16H,4-6,9,11-12H2,1-3H3,(H3,19,20,21);1H. The van der Waals surface area contributed by atoms with E-state index in [-0.39, 0.29) is 30.1 Å². The molecule has 1 aromatic carbocycles. The Morgan fingerprint density at radius 1 is 1.50 bits per heavy atom. The second-order valence-electron chi connectivity index (χ2n) is 6.21. The monoisotopic (exact) mass is 447 g/mol. The van der Waals surface area contributed by atoms with Crippen molar-refractivity contribution in [1.82, 2.24) is 5.32 Å². The summed E-state index contributed by atoms with van der Waals surface area (Å²) in [6.45, 7) is 8.21. The summed E-state index contributed by atoms with van der Waals surface area (Å²) >= 11 is 0. The van der Waals surface area contributed by atoms with Crippen LogP contribution in [0.5, 0.6) is 5.75 Å². The topological polar surface area (TPSA) is 68.9 Å². The van der Waals surface area contributed by atoms with Crippen LogP contribution in [-0.2, 0) is 11.3 Å². The number of hydrogen-bond donors (Lipinski definition) is 2. The van der Waals surface area contributed by atoms with E-state index in [1.165, 1.54) is 5.56 Å². The number of halogens is 1. The lowest BCUT2D eigenvalue weighted by Gasteiger charge is -2.15. The number of aliphatic imine (C=N–C) groups is 1. The zero-order valence-corrected chi connectivity index (χ0v) is 17.2. The Hall–Kier alpha value is -1.02. The molecule has 0 aliphatic carbocycles. The molecule has 1 saturated heterocycles. The summed E-state index contributed by atoms with van der Waals surface area (Å²) in [4.78, 5) is 4.42. The van der Waals surface area contributed by atoms with Gasteiger partial charge in [0.1, 0.15) is 12.4 Å². The first-order valence-corrected chi connectivity index (χ1v) is 8.49. The fourth-order valence-corrected chi connectivity index (χ4v) is 2.46. The van der Waals surface area contributed by atoms with Crippen LogP contribution in [0.25, 0.3) is 0 Å². The molecule has 0 amide bonds. The van der Waals surface area contributed by atoms with E-state index in [9.17, 15) is 0 Å². The molecule has 6 heteroatoms. The molecule has 0 bridgehead atoms. The predicted molar refractivity (Wildman–Crippen MR) is 109 cm³/mol. The van der Waals surface area contributed by atoms with E-state index < -0.39 is 0 Å². The van der Waals surface area contributed by atoms with Crippen molar-refractivity contribution in [1.29, 1.82) is 0 Å². The lowest BCUT2D eigenvalue weighted by Crippen LogP contribution is -2.38. The molecule has 136 valence electrons. The van der Waals surface area contributed by atoms with E-state index in [1.807, 2.05) is 0 Å². The molecule has 0 saturated carbocycles. The maximum atomic E-state index is 5.98. The van der Waals surface area contributed by atoms with Crippen LogP contribution in [0.2, 0.25) is 0 Å². The Labute approximate surface area is 162 Å². The van der Waals surface area contributed by atoms with Crippen molar-refractivity contribution in [3.63, 3.8) is 0 Å². The van der Waals surface area contributed by atoms with Crippen molar-refractivity contribution in [3.8, 4) is 5.75 Å². The predicted octanol–water partition coefficient (Wildman–Crippen LogP) is 3.37. The fraction of sp³-hybridized carbons (Fsp3) is 0.611. The van der Waals surface area contributed by atoms with Crippen LogP contribution in [0, 0.1) is 6.92 Å². The van der Waals surface area contributed by atoms with Gasteiger partial charge in [0.25, 0.3) is 0 Å². The van der Waals surface area contributed by atoms with Gasteiger partial charge in [-0.2, -0.15) is 0 Å². The number of aryl methyl sites for hydroxylation is 1. The van der Waals surface area contributed by atoms with E-state index in [1.54, 1.807) is 0 Å². The zero-order chi connectivity index (χ0) is 16.7. The Kier molecular flexibility index (Phi) is 9.43. The Morgan fingerprint density at radius 3 is 2.96 bits per heavy atom. The maximum Gasteiger partial charge on any atom is 0.189 e. The number of guanidine groups is 1. The third-order valence-corrected chi connectivity index (χ3v) is 4.10. The minimum atomic E-state index is 0. The summed E-state index contributed by atoms with van der Waals surface area (Å²) in [5, 5.41) is 3.17. The Bertz CT molecular complexity index is 531. The van der Waals surface area contributed by atoms with Gasteiger partial charge in [-0.1, -0.05) is 19.1 Å². The Balaban J connectivity index is 0.00000288. The first-order valence-electron chi connectivity index (χ1n) is 8.49. The molecule has 24 heavy (non-hydrogen) atoms. The quantitative estimate of drug-likeness (QED) is 0.382. The van der Waals surface area contributed by atoms with Gasteiger partial charge in [-0.25, -0.2) is 4.99 Å². The van der Waals surface area contributed by atoms with Gasteiger partial charge in [-0.3, -0.25) is 0 Å². The molecular weight excluding hydrogens is 417 g/mol. The minimum Gasteiger partial charge on any atom is -0.491 e. The SMILES string of the molecule is CCC(C)NC(N)=NCc1ccc(C)cc1OCC1CCCO1.I. The van der Waals surface area contributed by atoms with E-state index in [0.717, 1.165) is 37.2 Å². The molecule has 1 heterocycles. The van der Waals surface area contributed by atoms with Gasteiger partial charge in [0, 0.05) is 18.2 Å². The highest BCUT2D eigenvalue weighted by molar-refractivity contribution is 14.0. The van der Waals surface area contributed by atoms with E-state index in [0.29, 0.717) is 25.2 Å². The van der Waals surface area contributed by atoms with Crippen molar-refractivity contribution in [3.05, 3.63) is 29.3 Å². The third kappa shape index (κ3) is 6.84. The highest BCUT2D eigenvalue weighted by atomic mass is 127. The Morgan fingerprint density at radius 2 is 2.29 bits per heavy atom. The van der Waals surface area contributed by atoms with Crippen LogP contribution < -0.4 is 15.8 Å². The lowest BCUT2D eigenvalue weighted by molar-refractivity contribution is 0.0676. The largest absolute Gasteiger partial charge is 0.491 e. The molecule has 1 fully saturated rings. The second-order valence-corrected chi connectivity index (χ2v) is 6.21. The van der Waals surface area contributed by atoms with E-state index in [4.69, 9.17) is 15.2 Å². The van der Waals surface area contributed by atoms with Gasteiger partial charge < -0.3 is 20.5 Å². The van der Waals surface area contributed by atoms with Crippen LogP contribution in [0.15, 0.2) is 23.2 Å². The number of nitrogens with zero attached hydrogens (tertiary/aromatic N) is 1. The van der Waals surface area contributed by atoms with Crippen molar-refractivity contribution in [2.75, 3.05) is 13.2 Å². The summed E-state index contributed by atoms with van der Waals surface area (Å²) in [7, 11) is 0. The molecule has 0 aromatic heterocycles. The number of ether oxygens (including phenoxy) is 2.